The van der Waals surface area contributed by atoms with Gasteiger partial charge in [0.1, 0.15) is 4.32 Å². The van der Waals surface area contributed by atoms with Crippen molar-refractivity contribution in [1.82, 2.24) is 4.90 Å². The van der Waals surface area contributed by atoms with Gasteiger partial charge in [-0.1, -0.05) is 84.2 Å². The van der Waals surface area contributed by atoms with Crippen molar-refractivity contribution in [1.29, 1.82) is 0 Å². The number of amides is 2. The Bertz CT molecular complexity index is 1020. The fourth-order valence-electron chi connectivity index (χ4n) is 3.31. The fourth-order valence-corrected chi connectivity index (χ4v) is 4.57. The number of thiocarbonyl (C=S) groups is 1. The average molecular weight is 437 g/mol. The van der Waals surface area contributed by atoms with E-state index in [2.05, 4.69) is 5.32 Å². The molecule has 30 heavy (non-hydrogen) atoms. The van der Waals surface area contributed by atoms with Crippen molar-refractivity contribution in [3.8, 4) is 0 Å². The summed E-state index contributed by atoms with van der Waals surface area (Å²) in [5.74, 6) is -0.287. The molecule has 1 fully saturated rings. The predicted octanol–water partition coefficient (Wildman–Crippen LogP) is 5.40. The second-order valence-corrected chi connectivity index (χ2v) is 8.87. The van der Waals surface area contributed by atoms with Crippen LogP contribution in [0.5, 0.6) is 0 Å². The fraction of sp³-hybridized carbons (Fsp3) is 0.208. The van der Waals surface area contributed by atoms with Gasteiger partial charge in [-0.15, -0.1) is 0 Å². The summed E-state index contributed by atoms with van der Waals surface area (Å²) in [6.45, 7) is 6.25. The average Bonchev–Trinajstić information content (AvgIpc) is 2.97. The van der Waals surface area contributed by atoms with Crippen LogP contribution < -0.4 is 5.32 Å². The lowest BCUT2D eigenvalue weighted by Crippen LogP contribution is -2.31. The minimum atomic E-state index is -0.154. The highest BCUT2D eigenvalue weighted by Crippen LogP contribution is 2.31. The van der Waals surface area contributed by atoms with Gasteiger partial charge >= 0.3 is 0 Å². The largest absolute Gasteiger partial charge is 0.326 e. The quantitative estimate of drug-likeness (QED) is 0.487. The zero-order valence-corrected chi connectivity index (χ0v) is 18.9. The molecule has 1 saturated heterocycles. The number of allylic oxidation sites excluding steroid dienone is 2. The summed E-state index contributed by atoms with van der Waals surface area (Å²) < 4.78 is 0.481. The molecule has 2 amide bonds. The Morgan fingerprint density at radius 1 is 1.13 bits per heavy atom. The van der Waals surface area contributed by atoms with E-state index in [1.807, 2.05) is 75.4 Å². The van der Waals surface area contributed by atoms with Gasteiger partial charge in [-0.2, -0.15) is 0 Å². The number of hydrogen-bond donors (Lipinski definition) is 1. The van der Waals surface area contributed by atoms with Crippen LogP contribution in [0.1, 0.15) is 28.7 Å². The first kappa shape index (κ1) is 22.0. The van der Waals surface area contributed by atoms with Crippen molar-refractivity contribution >= 4 is 51.9 Å². The van der Waals surface area contributed by atoms with Crippen LogP contribution in [0, 0.1) is 20.8 Å². The first-order chi connectivity index (χ1) is 14.3. The zero-order valence-electron chi connectivity index (χ0n) is 17.3. The third-order valence-corrected chi connectivity index (χ3v) is 6.11. The van der Waals surface area contributed by atoms with Crippen LogP contribution in [-0.2, 0) is 9.59 Å². The molecule has 2 aromatic rings. The highest BCUT2D eigenvalue weighted by atomic mass is 32.2. The maximum atomic E-state index is 12.7. The third kappa shape index (κ3) is 5.46. The number of nitrogens with zero attached hydrogens (tertiary/aromatic N) is 1. The lowest BCUT2D eigenvalue weighted by atomic mass is 10.1. The van der Waals surface area contributed by atoms with Crippen molar-refractivity contribution in [2.24, 2.45) is 0 Å². The Kier molecular flexibility index (Phi) is 7.24. The topological polar surface area (TPSA) is 49.4 Å². The highest BCUT2D eigenvalue weighted by Gasteiger charge is 2.31. The van der Waals surface area contributed by atoms with Gasteiger partial charge in [-0.05, 0) is 43.5 Å². The van der Waals surface area contributed by atoms with E-state index in [-0.39, 0.29) is 24.8 Å². The molecule has 0 spiro atoms. The van der Waals surface area contributed by atoms with Crippen molar-refractivity contribution in [3.63, 3.8) is 0 Å². The molecule has 0 atom stereocenters. The molecule has 0 bridgehead atoms. The van der Waals surface area contributed by atoms with E-state index >= 15 is 0 Å². The van der Waals surface area contributed by atoms with Crippen LogP contribution in [0.25, 0.3) is 6.08 Å². The lowest BCUT2D eigenvalue weighted by molar-refractivity contribution is -0.122. The van der Waals surface area contributed by atoms with Crippen LogP contribution in [-0.4, -0.2) is 27.6 Å². The van der Waals surface area contributed by atoms with Gasteiger partial charge in [-0.25, -0.2) is 0 Å². The van der Waals surface area contributed by atoms with Crippen LogP contribution in [0.15, 0.2) is 59.5 Å². The molecule has 4 nitrogen and oxygen atoms in total. The van der Waals surface area contributed by atoms with Crippen molar-refractivity contribution < 1.29 is 9.59 Å². The smallest absolute Gasteiger partial charge is 0.266 e. The minimum Gasteiger partial charge on any atom is -0.326 e. The maximum Gasteiger partial charge on any atom is 0.266 e. The Balaban J connectivity index is 1.59. The molecule has 2 aromatic carbocycles. The number of hydrogen-bond acceptors (Lipinski definition) is 4. The molecule has 154 valence electrons. The molecular weight excluding hydrogens is 412 g/mol. The summed E-state index contributed by atoms with van der Waals surface area (Å²) in [7, 11) is 0. The van der Waals surface area contributed by atoms with Gasteiger partial charge in [0.2, 0.25) is 5.91 Å². The monoisotopic (exact) mass is 436 g/mol. The molecule has 6 heteroatoms. The van der Waals surface area contributed by atoms with Gasteiger partial charge in [0.15, 0.2) is 0 Å². The van der Waals surface area contributed by atoms with Crippen LogP contribution in [0.2, 0.25) is 0 Å². The van der Waals surface area contributed by atoms with E-state index in [1.165, 1.54) is 16.7 Å². The molecule has 1 heterocycles. The molecule has 0 unspecified atom stereocenters. The van der Waals surface area contributed by atoms with E-state index in [0.29, 0.717) is 9.23 Å². The molecule has 0 aliphatic carbocycles. The van der Waals surface area contributed by atoms with Crippen molar-refractivity contribution in [3.05, 3.63) is 81.8 Å². The first-order valence-electron chi connectivity index (χ1n) is 9.70. The second kappa shape index (κ2) is 9.87. The van der Waals surface area contributed by atoms with Crippen molar-refractivity contribution in [2.75, 3.05) is 11.9 Å². The van der Waals surface area contributed by atoms with Gasteiger partial charge in [-0.3, -0.25) is 14.5 Å². The number of aryl methyl sites for hydroxylation is 3. The number of carbonyl (C=O) groups is 2. The van der Waals surface area contributed by atoms with E-state index in [0.717, 1.165) is 27.9 Å². The highest BCUT2D eigenvalue weighted by molar-refractivity contribution is 8.26. The normalized spacial score (nSPS) is 15.4. The Hall–Kier alpha value is -2.70. The molecule has 1 aliphatic heterocycles. The minimum absolute atomic E-state index is 0.132. The van der Waals surface area contributed by atoms with E-state index in [1.54, 1.807) is 6.08 Å². The van der Waals surface area contributed by atoms with Crippen molar-refractivity contribution in [2.45, 2.75) is 27.2 Å². The summed E-state index contributed by atoms with van der Waals surface area (Å²) in [6.07, 6.45) is 5.74. The Morgan fingerprint density at radius 3 is 2.47 bits per heavy atom. The van der Waals surface area contributed by atoms with E-state index in [9.17, 15) is 9.59 Å². The van der Waals surface area contributed by atoms with Gasteiger partial charge < -0.3 is 5.32 Å². The third-order valence-electron chi connectivity index (χ3n) is 4.71. The second-order valence-electron chi connectivity index (χ2n) is 7.20. The summed E-state index contributed by atoms with van der Waals surface area (Å²) in [4.78, 5) is 27.2. The molecule has 1 N–H and O–H groups in total. The van der Waals surface area contributed by atoms with Crippen LogP contribution >= 0.6 is 24.0 Å². The number of benzene rings is 2. The summed E-state index contributed by atoms with van der Waals surface area (Å²) in [5, 5.41) is 2.97. The number of nitrogens with one attached hydrogen (secondary N) is 1. The van der Waals surface area contributed by atoms with E-state index < -0.39 is 0 Å². The predicted molar refractivity (Wildman–Crippen MR) is 129 cm³/mol. The van der Waals surface area contributed by atoms with Gasteiger partial charge in [0, 0.05) is 18.7 Å². The molecule has 0 saturated carbocycles. The van der Waals surface area contributed by atoms with Crippen LogP contribution in [0.3, 0.4) is 0 Å². The summed E-state index contributed by atoms with van der Waals surface area (Å²) in [6, 6.07) is 13.9. The molecular formula is C24H24N2O2S2. The van der Waals surface area contributed by atoms with Crippen LogP contribution in [0.4, 0.5) is 5.69 Å². The number of rotatable bonds is 6. The van der Waals surface area contributed by atoms with Gasteiger partial charge in [0.25, 0.3) is 5.91 Å². The summed E-state index contributed by atoms with van der Waals surface area (Å²) >= 11 is 6.61. The number of anilines is 1. The van der Waals surface area contributed by atoms with E-state index in [4.69, 9.17) is 12.2 Å². The maximum absolute atomic E-state index is 12.7. The lowest BCUT2D eigenvalue weighted by Gasteiger charge is -2.16. The Morgan fingerprint density at radius 2 is 1.80 bits per heavy atom. The molecule has 1 aliphatic rings. The summed E-state index contributed by atoms with van der Waals surface area (Å²) in [5.41, 5.74) is 5.11. The molecule has 3 rings (SSSR count). The zero-order chi connectivity index (χ0) is 21.7. The number of thioether (sulfide) groups is 1. The standard InChI is InChI=1S/C24H24N2O2S2/c1-16-14-17(2)22(18(3)15-16)25-21(27)12-13-26-23(28)20(30-24(26)29)11-7-10-19-8-5-4-6-9-19/h4-11,14-15H,12-13H2,1-3H3,(H,25,27)/b10-7+,20-11-. The van der Waals surface area contributed by atoms with Gasteiger partial charge in [0.05, 0.1) is 4.91 Å². The molecule has 0 radical (unpaired) electrons. The number of carbonyl (C=O) groups excluding carboxylic acids is 2. The Labute approximate surface area is 187 Å². The molecule has 0 aromatic heterocycles. The first-order valence-corrected chi connectivity index (χ1v) is 10.9. The SMILES string of the molecule is Cc1cc(C)c(NC(=O)CCN2C(=O)/C(=C/C=C/c3ccccc3)SC2=S)c(C)c1.